The van der Waals surface area contributed by atoms with Crippen LogP contribution < -0.4 is 0 Å². The zero-order valence-corrected chi connectivity index (χ0v) is 11.3. The molecule has 0 amide bonds. The van der Waals surface area contributed by atoms with Gasteiger partial charge in [-0.1, -0.05) is 36.0 Å². The van der Waals surface area contributed by atoms with E-state index in [1.165, 1.54) is 17.8 Å². The number of ether oxygens (including phenoxy) is 1. The van der Waals surface area contributed by atoms with Crippen LogP contribution >= 0.6 is 11.8 Å². The Labute approximate surface area is 116 Å². The highest BCUT2D eigenvalue weighted by molar-refractivity contribution is 8.03. The third-order valence-corrected chi connectivity index (χ3v) is 3.04. The van der Waals surface area contributed by atoms with E-state index in [0.29, 0.717) is 4.91 Å². The number of nitriles is 1. The van der Waals surface area contributed by atoms with Crippen LogP contribution in [0.1, 0.15) is 13.3 Å². The number of carbonyl (C=O) groups excluding carboxylic acids is 2. The maximum absolute atomic E-state index is 11.4. The monoisotopic (exact) mass is 275 g/mol. The van der Waals surface area contributed by atoms with Gasteiger partial charge in [-0.2, -0.15) is 5.26 Å². The molecular formula is C14H13NO3S. The van der Waals surface area contributed by atoms with Gasteiger partial charge in [0.15, 0.2) is 0 Å². The van der Waals surface area contributed by atoms with Crippen molar-refractivity contribution in [3.05, 3.63) is 41.3 Å². The largest absolute Gasteiger partial charge is 0.460 e. The highest BCUT2D eigenvalue weighted by Crippen LogP contribution is 2.25. The molecule has 0 spiro atoms. The summed E-state index contributed by atoms with van der Waals surface area (Å²) in [5, 5.41) is 8.98. The van der Waals surface area contributed by atoms with E-state index in [1.807, 2.05) is 36.4 Å². The van der Waals surface area contributed by atoms with Gasteiger partial charge in [-0.05, 0) is 19.1 Å². The molecular weight excluding hydrogens is 262 g/mol. The average Bonchev–Trinajstić information content (AvgIpc) is 2.44. The number of rotatable bonds is 6. The lowest BCUT2D eigenvalue weighted by Crippen LogP contribution is -2.16. The van der Waals surface area contributed by atoms with Crippen LogP contribution in [-0.4, -0.2) is 18.4 Å². The first-order valence-corrected chi connectivity index (χ1v) is 6.52. The van der Waals surface area contributed by atoms with Gasteiger partial charge in [0.2, 0.25) is 5.78 Å². The number of carbonyl (C=O) groups is 2. The van der Waals surface area contributed by atoms with E-state index in [1.54, 1.807) is 6.92 Å². The van der Waals surface area contributed by atoms with Crippen molar-refractivity contribution < 1.29 is 14.3 Å². The molecule has 0 aliphatic heterocycles. The van der Waals surface area contributed by atoms with Crippen LogP contribution in [-0.2, 0) is 14.3 Å². The van der Waals surface area contributed by atoms with Crippen molar-refractivity contribution in [2.24, 2.45) is 0 Å². The Bertz CT molecular complexity index is 517. The summed E-state index contributed by atoms with van der Waals surface area (Å²) in [6, 6.07) is 11.3. The maximum atomic E-state index is 11.4. The van der Waals surface area contributed by atoms with Crippen molar-refractivity contribution in [1.29, 1.82) is 5.26 Å². The minimum absolute atomic E-state index is 0.123. The molecule has 0 heterocycles. The predicted molar refractivity (Wildman–Crippen MR) is 72.3 cm³/mol. The van der Waals surface area contributed by atoms with Crippen LogP contribution in [0.3, 0.4) is 0 Å². The zero-order valence-electron chi connectivity index (χ0n) is 10.5. The first-order chi connectivity index (χ1) is 9.17. The molecule has 0 saturated heterocycles. The van der Waals surface area contributed by atoms with Crippen molar-refractivity contribution in [1.82, 2.24) is 0 Å². The zero-order chi connectivity index (χ0) is 14.1. The van der Waals surface area contributed by atoms with E-state index < -0.39 is 11.8 Å². The summed E-state index contributed by atoms with van der Waals surface area (Å²) in [4.78, 5) is 23.8. The first kappa shape index (κ1) is 15.0. The second-order valence-corrected chi connectivity index (χ2v) is 4.56. The summed E-state index contributed by atoms with van der Waals surface area (Å²) in [7, 11) is 0. The Balaban J connectivity index is 2.61. The fourth-order valence-corrected chi connectivity index (χ4v) is 1.97. The smallest absolute Gasteiger partial charge is 0.374 e. The van der Waals surface area contributed by atoms with Gasteiger partial charge in [-0.15, -0.1) is 0 Å². The Hall–Kier alpha value is -2.06. The van der Waals surface area contributed by atoms with Gasteiger partial charge >= 0.3 is 5.97 Å². The minimum Gasteiger partial charge on any atom is -0.460 e. The van der Waals surface area contributed by atoms with E-state index in [-0.39, 0.29) is 13.0 Å². The molecule has 19 heavy (non-hydrogen) atoms. The van der Waals surface area contributed by atoms with Crippen molar-refractivity contribution in [2.45, 2.75) is 18.2 Å². The fraction of sp³-hybridized carbons (Fsp3) is 0.214. The lowest BCUT2D eigenvalue weighted by Gasteiger charge is -2.00. The lowest BCUT2D eigenvalue weighted by molar-refractivity contribution is -0.153. The Kier molecular flexibility index (Phi) is 6.41. The normalized spacial score (nSPS) is 10.6. The first-order valence-electron chi connectivity index (χ1n) is 5.70. The van der Waals surface area contributed by atoms with Gasteiger partial charge < -0.3 is 4.74 Å². The number of hydrogen-bond acceptors (Lipinski definition) is 5. The number of thioether (sulfide) groups is 1. The number of esters is 1. The number of benzene rings is 1. The van der Waals surface area contributed by atoms with Crippen LogP contribution in [0.25, 0.3) is 0 Å². The number of hydrogen-bond donors (Lipinski definition) is 0. The van der Waals surface area contributed by atoms with E-state index >= 15 is 0 Å². The second kappa shape index (κ2) is 8.11. The molecule has 1 aromatic carbocycles. The molecule has 0 radical (unpaired) electrons. The summed E-state index contributed by atoms with van der Waals surface area (Å²) >= 11 is 1.25. The predicted octanol–water partition coefficient (Wildman–Crippen LogP) is 2.71. The van der Waals surface area contributed by atoms with Crippen LogP contribution in [0.2, 0.25) is 0 Å². The lowest BCUT2D eigenvalue weighted by atomic mass is 10.2. The molecule has 0 aliphatic rings. The Morgan fingerprint density at radius 3 is 2.63 bits per heavy atom. The van der Waals surface area contributed by atoms with E-state index in [2.05, 4.69) is 4.74 Å². The van der Waals surface area contributed by atoms with E-state index in [0.717, 1.165) is 4.90 Å². The molecule has 1 rings (SSSR count). The molecule has 0 aliphatic carbocycles. The maximum Gasteiger partial charge on any atom is 0.374 e. The molecule has 1 aromatic rings. The summed E-state index contributed by atoms with van der Waals surface area (Å²) in [6.07, 6.45) is 1.32. The molecule has 5 heteroatoms. The topological polar surface area (TPSA) is 67.2 Å². The number of nitrogens with zero attached hydrogens (tertiary/aromatic N) is 1. The molecule has 0 bridgehead atoms. The quantitative estimate of drug-likeness (QED) is 0.345. The fourth-order valence-electron chi connectivity index (χ4n) is 1.21. The van der Waals surface area contributed by atoms with Crippen LogP contribution in [0.15, 0.2) is 46.2 Å². The summed E-state index contributed by atoms with van der Waals surface area (Å²) in [5.41, 5.74) is 0. The number of allylic oxidation sites excluding steroid dienone is 2. The Morgan fingerprint density at radius 2 is 2.05 bits per heavy atom. The third kappa shape index (κ3) is 5.40. The number of Topliss-reactive ketones (excluding diaryl/α,β-unsaturated/α-hetero) is 1. The highest BCUT2D eigenvalue weighted by atomic mass is 32.2. The summed E-state index contributed by atoms with van der Waals surface area (Å²) in [5.74, 6) is -1.51. The van der Waals surface area contributed by atoms with Crippen molar-refractivity contribution in [3.63, 3.8) is 0 Å². The second-order valence-electron chi connectivity index (χ2n) is 3.44. The standard InChI is InChI=1S/C14H13NO3S/c1-2-18-14(17)13(16)9-8-12(10-15)19-11-6-4-3-5-7-11/h3-8H,2,9H2,1H3. The molecule has 0 saturated carbocycles. The molecule has 0 N–H and O–H groups in total. The van der Waals surface area contributed by atoms with Gasteiger partial charge in [0, 0.05) is 11.3 Å². The van der Waals surface area contributed by atoms with Crippen molar-refractivity contribution in [3.8, 4) is 6.07 Å². The average molecular weight is 275 g/mol. The summed E-state index contributed by atoms with van der Waals surface area (Å²) < 4.78 is 4.58. The molecule has 4 nitrogen and oxygen atoms in total. The van der Waals surface area contributed by atoms with E-state index in [4.69, 9.17) is 5.26 Å². The van der Waals surface area contributed by atoms with Crippen LogP contribution in [0.4, 0.5) is 0 Å². The van der Waals surface area contributed by atoms with Gasteiger partial charge in [-0.3, -0.25) is 4.79 Å². The van der Waals surface area contributed by atoms with Gasteiger partial charge in [0.1, 0.15) is 6.07 Å². The molecule has 0 unspecified atom stereocenters. The van der Waals surface area contributed by atoms with Gasteiger partial charge in [-0.25, -0.2) is 4.79 Å². The minimum atomic E-state index is -0.860. The molecule has 98 valence electrons. The third-order valence-electron chi connectivity index (χ3n) is 2.06. The van der Waals surface area contributed by atoms with Gasteiger partial charge in [0.25, 0.3) is 0 Å². The summed E-state index contributed by atoms with van der Waals surface area (Å²) in [6.45, 7) is 1.80. The van der Waals surface area contributed by atoms with Crippen molar-refractivity contribution in [2.75, 3.05) is 6.61 Å². The van der Waals surface area contributed by atoms with Crippen molar-refractivity contribution >= 4 is 23.5 Å². The van der Waals surface area contributed by atoms with Crippen LogP contribution in [0.5, 0.6) is 0 Å². The SMILES string of the molecule is CCOC(=O)C(=O)CC=C(C#N)Sc1ccccc1. The van der Waals surface area contributed by atoms with E-state index in [9.17, 15) is 9.59 Å². The van der Waals surface area contributed by atoms with Gasteiger partial charge in [0.05, 0.1) is 11.5 Å². The van der Waals surface area contributed by atoms with Crippen LogP contribution in [0, 0.1) is 11.3 Å². The Morgan fingerprint density at radius 1 is 1.37 bits per heavy atom. The molecule has 0 atom stereocenters. The highest BCUT2D eigenvalue weighted by Gasteiger charge is 2.13. The number of ketones is 1. The molecule has 0 aromatic heterocycles. The molecule has 0 fully saturated rings.